The average molecular weight is 254 g/mol. The van der Waals surface area contributed by atoms with Crippen LogP contribution in [0.25, 0.3) is 0 Å². The van der Waals surface area contributed by atoms with E-state index in [-0.39, 0.29) is 12.1 Å². The van der Waals surface area contributed by atoms with Gasteiger partial charge < -0.3 is 10.8 Å². The standard InChI is InChI=1S/C13H22N2OS/c1-9-4-7-17-12(9)11(10(2)14)15-6-5-13(3,16)8-15/h4,7,10-11,16H,5-6,8,14H2,1-3H3. The highest BCUT2D eigenvalue weighted by atomic mass is 32.1. The van der Waals surface area contributed by atoms with Gasteiger partial charge in [0.1, 0.15) is 0 Å². The summed E-state index contributed by atoms with van der Waals surface area (Å²) in [4.78, 5) is 3.67. The zero-order chi connectivity index (χ0) is 12.6. The number of aliphatic hydroxyl groups is 1. The number of hydrogen-bond acceptors (Lipinski definition) is 4. The molecule has 3 nitrogen and oxygen atoms in total. The lowest BCUT2D eigenvalue weighted by Crippen LogP contribution is -2.40. The van der Waals surface area contributed by atoms with E-state index in [2.05, 4.69) is 30.2 Å². The fourth-order valence-corrected chi connectivity index (χ4v) is 3.82. The first-order chi connectivity index (χ1) is 7.91. The maximum atomic E-state index is 10.1. The minimum Gasteiger partial charge on any atom is -0.389 e. The third kappa shape index (κ3) is 2.71. The molecule has 0 saturated carbocycles. The largest absolute Gasteiger partial charge is 0.389 e. The Kier molecular flexibility index (Phi) is 3.59. The Morgan fingerprint density at radius 2 is 2.29 bits per heavy atom. The minimum absolute atomic E-state index is 0.0845. The van der Waals surface area contributed by atoms with Crippen LogP contribution < -0.4 is 5.73 Å². The number of likely N-dealkylation sites (tertiary alicyclic amines) is 1. The van der Waals surface area contributed by atoms with Gasteiger partial charge in [0.2, 0.25) is 0 Å². The summed E-state index contributed by atoms with van der Waals surface area (Å²) in [6, 6.07) is 2.47. The van der Waals surface area contributed by atoms with Crippen molar-refractivity contribution in [3.05, 3.63) is 21.9 Å². The number of nitrogens with zero attached hydrogens (tertiary/aromatic N) is 1. The van der Waals surface area contributed by atoms with Gasteiger partial charge in [-0.15, -0.1) is 11.3 Å². The molecule has 1 fully saturated rings. The van der Waals surface area contributed by atoms with E-state index in [1.807, 2.05) is 6.92 Å². The summed E-state index contributed by atoms with van der Waals surface area (Å²) in [5, 5.41) is 12.2. The molecule has 0 radical (unpaired) electrons. The molecule has 0 aromatic carbocycles. The van der Waals surface area contributed by atoms with E-state index in [0.29, 0.717) is 0 Å². The minimum atomic E-state index is -0.557. The number of hydrogen-bond donors (Lipinski definition) is 2. The Labute approximate surface area is 107 Å². The van der Waals surface area contributed by atoms with Crippen LogP contribution in [0.2, 0.25) is 0 Å². The number of thiophene rings is 1. The monoisotopic (exact) mass is 254 g/mol. The van der Waals surface area contributed by atoms with Crippen LogP contribution in [-0.4, -0.2) is 34.7 Å². The van der Waals surface area contributed by atoms with E-state index in [1.165, 1.54) is 10.4 Å². The van der Waals surface area contributed by atoms with E-state index in [4.69, 9.17) is 5.73 Å². The van der Waals surface area contributed by atoms with Crippen molar-refractivity contribution in [2.45, 2.75) is 44.9 Å². The van der Waals surface area contributed by atoms with E-state index in [9.17, 15) is 5.11 Å². The Bertz CT molecular complexity index is 387. The van der Waals surface area contributed by atoms with Gasteiger partial charge in [0.15, 0.2) is 0 Å². The molecule has 3 unspecified atom stereocenters. The quantitative estimate of drug-likeness (QED) is 0.866. The molecule has 1 aliphatic rings. The normalized spacial score (nSPS) is 29.5. The van der Waals surface area contributed by atoms with Gasteiger partial charge in [0, 0.05) is 24.0 Å². The van der Waals surface area contributed by atoms with Gasteiger partial charge >= 0.3 is 0 Å². The van der Waals surface area contributed by atoms with Crippen molar-refractivity contribution >= 4 is 11.3 Å². The molecule has 1 aliphatic heterocycles. The van der Waals surface area contributed by atoms with E-state index in [1.54, 1.807) is 11.3 Å². The van der Waals surface area contributed by atoms with Gasteiger partial charge in [0.25, 0.3) is 0 Å². The van der Waals surface area contributed by atoms with Gasteiger partial charge in [0.05, 0.1) is 11.6 Å². The lowest BCUT2D eigenvalue weighted by atomic mass is 10.0. The lowest BCUT2D eigenvalue weighted by molar-refractivity contribution is 0.0604. The highest BCUT2D eigenvalue weighted by Gasteiger charge is 2.37. The lowest BCUT2D eigenvalue weighted by Gasteiger charge is -2.31. The number of aryl methyl sites for hydroxylation is 1. The predicted molar refractivity (Wildman–Crippen MR) is 72.3 cm³/mol. The highest BCUT2D eigenvalue weighted by molar-refractivity contribution is 7.10. The second-order valence-electron chi connectivity index (χ2n) is 5.49. The molecule has 3 atom stereocenters. The summed E-state index contributed by atoms with van der Waals surface area (Å²) >= 11 is 1.77. The topological polar surface area (TPSA) is 49.5 Å². The van der Waals surface area contributed by atoms with Crippen LogP contribution in [0.1, 0.15) is 36.8 Å². The molecule has 96 valence electrons. The number of rotatable bonds is 3. The fraction of sp³-hybridized carbons (Fsp3) is 0.692. The van der Waals surface area contributed by atoms with Crippen molar-refractivity contribution in [3.63, 3.8) is 0 Å². The number of nitrogens with two attached hydrogens (primary N) is 1. The summed E-state index contributed by atoms with van der Waals surface area (Å²) in [7, 11) is 0. The number of β-amino-alcohol motifs (C(OH)–C–C–N with tert-alkyl or cyclic N) is 1. The van der Waals surface area contributed by atoms with Crippen molar-refractivity contribution in [3.8, 4) is 0 Å². The highest BCUT2D eigenvalue weighted by Crippen LogP contribution is 2.35. The molecule has 0 aliphatic carbocycles. The van der Waals surface area contributed by atoms with E-state index >= 15 is 0 Å². The van der Waals surface area contributed by atoms with Gasteiger partial charge in [-0.05, 0) is 44.2 Å². The maximum absolute atomic E-state index is 10.1. The van der Waals surface area contributed by atoms with Crippen LogP contribution in [-0.2, 0) is 0 Å². The molecular weight excluding hydrogens is 232 g/mol. The molecule has 1 aromatic heterocycles. The first kappa shape index (κ1) is 13.0. The molecule has 1 saturated heterocycles. The van der Waals surface area contributed by atoms with Gasteiger partial charge in [-0.2, -0.15) is 0 Å². The molecule has 4 heteroatoms. The van der Waals surface area contributed by atoms with Crippen LogP contribution in [0.4, 0.5) is 0 Å². The second kappa shape index (κ2) is 4.69. The van der Waals surface area contributed by atoms with Crippen molar-refractivity contribution in [1.82, 2.24) is 4.90 Å². The van der Waals surface area contributed by atoms with Crippen molar-refractivity contribution < 1.29 is 5.11 Å². The summed E-state index contributed by atoms with van der Waals surface area (Å²) < 4.78 is 0. The predicted octanol–water partition coefficient (Wildman–Crippen LogP) is 1.90. The fourth-order valence-electron chi connectivity index (χ4n) is 2.64. The SMILES string of the molecule is Cc1ccsc1C(C(C)N)N1CCC(C)(O)C1. The summed E-state index contributed by atoms with van der Waals surface area (Å²) in [6.45, 7) is 7.74. The summed E-state index contributed by atoms with van der Waals surface area (Å²) in [5.74, 6) is 0. The van der Waals surface area contributed by atoms with E-state index in [0.717, 1.165) is 19.5 Å². The first-order valence-corrected chi connectivity index (χ1v) is 7.05. The molecule has 2 heterocycles. The van der Waals surface area contributed by atoms with Gasteiger partial charge in [-0.1, -0.05) is 0 Å². The summed E-state index contributed by atoms with van der Waals surface area (Å²) in [5.41, 5.74) is 6.90. The van der Waals surface area contributed by atoms with E-state index < -0.39 is 5.60 Å². The maximum Gasteiger partial charge on any atom is 0.0758 e. The Morgan fingerprint density at radius 1 is 1.59 bits per heavy atom. The van der Waals surface area contributed by atoms with Crippen LogP contribution in [0, 0.1) is 6.92 Å². The molecule has 17 heavy (non-hydrogen) atoms. The molecule has 2 rings (SSSR count). The molecule has 0 bridgehead atoms. The van der Waals surface area contributed by atoms with Crippen molar-refractivity contribution in [2.24, 2.45) is 5.73 Å². The van der Waals surface area contributed by atoms with Crippen molar-refractivity contribution in [2.75, 3.05) is 13.1 Å². The molecule has 0 spiro atoms. The smallest absolute Gasteiger partial charge is 0.0758 e. The summed E-state index contributed by atoms with van der Waals surface area (Å²) in [6.07, 6.45) is 0.834. The average Bonchev–Trinajstić information content (AvgIpc) is 2.75. The van der Waals surface area contributed by atoms with Crippen LogP contribution in [0.15, 0.2) is 11.4 Å². The molecular formula is C13H22N2OS. The molecule has 1 aromatic rings. The molecule has 0 amide bonds. The molecule has 3 N–H and O–H groups in total. The third-order valence-corrected chi connectivity index (χ3v) is 4.63. The Morgan fingerprint density at radius 3 is 2.71 bits per heavy atom. The zero-order valence-electron chi connectivity index (χ0n) is 10.8. The Hall–Kier alpha value is -0.420. The van der Waals surface area contributed by atoms with Crippen LogP contribution in [0.5, 0.6) is 0 Å². The van der Waals surface area contributed by atoms with Gasteiger partial charge in [-0.3, -0.25) is 4.90 Å². The van der Waals surface area contributed by atoms with Gasteiger partial charge in [-0.25, -0.2) is 0 Å². The van der Waals surface area contributed by atoms with Crippen molar-refractivity contribution in [1.29, 1.82) is 0 Å². The second-order valence-corrected chi connectivity index (χ2v) is 6.44. The van der Waals surface area contributed by atoms with Crippen LogP contribution >= 0.6 is 11.3 Å². The first-order valence-electron chi connectivity index (χ1n) is 6.17. The zero-order valence-corrected chi connectivity index (χ0v) is 11.6. The third-order valence-electron chi connectivity index (χ3n) is 3.54. The Balaban J connectivity index is 2.23. The van der Waals surface area contributed by atoms with Crippen LogP contribution in [0.3, 0.4) is 0 Å².